The average molecular weight is 439 g/mol. The van der Waals surface area contributed by atoms with Gasteiger partial charge in [0.1, 0.15) is 0 Å². The maximum atomic E-state index is 13.6. The summed E-state index contributed by atoms with van der Waals surface area (Å²) >= 11 is 0. The molecule has 5 aliphatic carbocycles. The van der Waals surface area contributed by atoms with Crippen LogP contribution in [0.1, 0.15) is 99.8 Å². The second-order valence-corrected chi connectivity index (χ2v) is 14.7. The molecule has 4 saturated carbocycles. The largest absolute Gasteiger partial charge is 0.377 e. The summed E-state index contributed by atoms with van der Waals surface area (Å²) in [5.41, 5.74) is 2.64. The fraction of sp³-hybridized carbons (Fsp3) is 0.900. The van der Waals surface area contributed by atoms with Crippen LogP contribution in [0, 0.1) is 56.7 Å². The molecule has 0 aromatic rings. The highest BCUT2D eigenvalue weighted by Gasteiger charge is 2.73. The van der Waals surface area contributed by atoms with Crippen LogP contribution in [0.15, 0.2) is 11.6 Å². The van der Waals surface area contributed by atoms with E-state index in [0.29, 0.717) is 45.9 Å². The number of carbonyl (C=O) groups is 1. The van der Waals surface area contributed by atoms with E-state index in [2.05, 4.69) is 54.5 Å². The molecule has 1 heterocycles. The Labute approximate surface area is 196 Å². The van der Waals surface area contributed by atoms with Gasteiger partial charge in [-0.2, -0.15) is 0 Å². The zero-order chi connectivity index (χ0) is 22.9. The van der Waals surface area contributed by atoms with Crippen LogP contribution in [-0.2, 0) is 9.53 Å². The highest BCUT2D eigenvalue weighted by atomic mass is 16.5. The van der Waals surface area contributed by atoms with Gasteiger partial charge in [0.2, 0.25) is 0 Å². The molecule has 178 valence electrons. The van der Waals surface area contributed by atoms with Gasteiger partial charge < -0.3 is 4.74 Å². The SMILES string of the molecule is CC(C)C1=CC(=O)[C@@]2(C)[C@@H]1CC[C@]1(C)[C@@H]2CC[C@@H]2[C@@H]3[C@H]4OC[C@@]3(CCC4(C)C)CC[C@]21C. The first-order valence-electron chi connectivity index (χ1n) is 13.8. The summed E-state index contributed by atoms with van der Waals surface area (Å²) in [5, 5.41) is 0. The summed E-state index contributed by atoms with van der Waals surface area (Å²) in [6, 6.07) is 0. The van der Waals surface area contributed by atoms with Crippen molar-refractivity contribution >= 4 is 5.78 Å². The number of hydrogen-bond acceptors (Lipinski definition) is 2. The molecule has 0 aromatic heterocycles. The molecule has 32 heavy (non-hydrogen) atoms. The molecule has 0 aromatic carbocycles. The smallest absolute Gasteiger partial charge is 0.162 e. The summed E-state index contributed by atoms with van der Waals surface area (Å²) in [4.78, 5) is 13.6. The molecule has 0 unspecified atom stereocenters. The van der Waals surface area contributed by atoms with Gasteiger partial charge in [-0.3, -0.25) is 4.79 Å². The lowest BCUT2D eigenvalue weighted by molar-refractivity contribution is -0.219. The quantitative estimate of drug-likeness (QED) is 0.432. The zero-order valence-corrected chi connectivity index (χ0v) is 21.7. The highest BCUT2D eigenvalue weighted by Crippen LogP contribution is 2.77. The molecule has 0 N–H and O–H groups in total. The molecule has 6 rings (SSSR count). The van der Waals surface area contributed by atoms with Crippen molar-refractivity contribution in [2.45, 2.75) is 106 Å². The number of rotatable bonds is 1. The summed E-state index contributed by atoms with van der Waals surface area (Å²) in [5.74, 6) is 3.46. The van der Waals surface area contributed by atoms with Gasteiger partial charge in [0.15, 0.2) is 5.78 Å². The summed E-state index contributed by atoms with van der Waals surface area (Å²) in [6.07, 6.45) is 13.0. The Balaban J connectivity index is 1.40. The maximum Gasteiger partial charge on any atom is 0.162 e. The van der Waals surface area contributed by atoms with Gasteiger partial charge in [0, 0.05) is 5.41 Å². The summed E-state index contributed by atoms with van der Waals surface area (Å²) < 4.78 is 6.68. The third-order valence-electron chi connectivity index (χ3n) is 13.2. The first-order valence-corrected chi connectivity index (χ1v) is 13.8. The minimum absolute atomic E-state index is 0.170. The first kappa shape index (κ1) is 21.9. The van der Waals surface area contributed by atoms with E-state index in [1.807, 2.05) is 0 Å². The number of ketones is 1. The van der Waals surface area contributed by atoms with Crippen LogP contribution < -0.4 is 0 Å². The predicted octanol–water partition coefficient (Wildman–Crippen LogP) is 7.22. The Morgan fingerprint density at radius 2 is 1.62 bits per heavy atom. The van der Waals surface area contributed by atoms with Gasteiger partial charge >= 0.3 is 0 Å². The molecule has 0 spiro atoms. The van der Waals surface area contributed by atoms with Crippen molar-refractivity contribution < 1.29 is 9.53 Å². The van der Waals surface area contributed by atoms with Crippen LogP contribution in [0.2, 0.25) is 0 Å². The van der Waals surface area contributed by atoms with Gasteiger partial charge in [-0.25, -0.2) is 0 Å². The number of ether oxygens (including phenoxy) is 1. The van der Waals surface area contributed by atoms with E-state index in [1.54, 1.807) is 0 Å². The molecule has 9 atom stereocenters. The Hall–Kier alpha value is -0.630. The second-order valence-electron chi connectivity index (χ2n) is 14.7. The maximum absolute atomic E-state index is 13.6. The molecule has 6 aliphatic rings. The predicted molar refractivity (Wildman–Crippen MR) is 129 cm³/mol. The van der Waals surface area contributed by atoms with E-state index < -0.39 is 0 Å². The Morgan fingerprint density at radius 1 is 0.906 bits per heavy atom. The Kier molecular flexibility index (Phi) is 4.32. The molecule has 2 nitrogen and oxygen atoms in total. The van der Waals surface area contributed by atoms with Gasteiger partial charge in [0.05, 0.1) is 12.7 Å². The van der Waals surface area contributed by atoms with Crippen molar-refractivity contribution in [2.75, 3.05) is 6.61 Å². The number of hydrogen-bond donors (Lipinski definition) is 0. The third kappa shape index (κ3) is 2.30. The van der Waals surface area contributed by atoms with Gasteiger partial charge in [-0.1, -0.05) is 54.0 Å². The summed E-state index contributed by atoms with van der Waals surface area (Å²) in [7, 11) is 0. The molecule has 1 aliphatic heterocycles. The minimum atomic E-state index is -0.170. The lowest BCUT2D eigenvalue weighted by atomic mass is 9.33. The van der Waals surface area contributed by atoms with E-state index >= 15 is 0 Å². The van der Waals surface area contributed by atoms with Crippen LogP contribution in [0.3, 0.4) is 0 Å². The van der Waals surface area contributed by atoms with Crippen molar-refractivity contribution in [2.24, 2.45) is 56.7 Å². The zero-order valence-electron chi connectivity index (χ0n) is 21.7. The van der Waals surface area contributed by atoms with E-state index in [-0.39, 0.29) is 10.8 Å². The standard InChI is InChI=1S/C30H46O2/c1-18(2)19-16-23(31)29(7)20(19)10-11-28(6)22(29)9-8-21-24-25-26(3,4)12-14-30(24,17-32-25)15-13-27(21,28)5/h16,18,20-22,24-25H,8-15,17H2,1-7H3/t20-,21-,22+,24-,25-,27-,28-,29+,30-/m1/s1. The Bertz CT molecular complexity index is 883. The Morgan fingerprint density at radius 3 is 2.34 bits per heavy atom. The monoisotopic (exact) mass is 438 g/mol. The van der Waals surface area contributed by atoms with E-state index in [0.717, 1.165) is 18.4 Å². The molecular formula is C30H46O2. The minimum Gasteiger partial charge on any atom is -0.377 e. The van der Waals surface area contributed by atoms with Gasteiger partial charge in [0.25, 0.3) is 0 Å². The van der Waals surface area contributed by atoms with Gasteiger partial charge in [-0.05, 0) is 109 Å². The van der Waals surface area contributed by atoms with E-state index in [1.165, 1.54) is 56.9 Å². The lowest BCUT2D eigenvalue weighted by Gasteiger charge is -2.70. The average Bonchev–Trinajstić information content (AvgIpc) is 3.20. The van der Waals surface area contributed by atoms with Crippen molar-refractivity contribution in [3.05, 3.63) is 11.6 Å². The van der Waals surface area contributed by atoms with Crippen molar-refractivity contribution in [1.29, 1.82) is 0 Å². The van der Waals surface area contributed by atoms with Crippen LogP contribution in [0.5, 0.6) is 0 Å². The van der Waals surface area contributed by atoms with Crippen molar-refractivity contribution in [1.82, 2.24) is 0 Å². The van der Waals surface area contributed by atoms with E-state index in [9.17, 15) is 4.79 Å². The molecule has 0 radical (unpaired) electrons. The van der Waals surface area contributed by atoms with Crippen molar-refractivity contribution in [3.8, 4) is 0 Å². The first-order chi connectivity index (χ1) is 14.9. The number of allylic oxidation sites excluding steroid dienone is 2. The highest BCUT2D eigenvalue weighted by molar-refractivity contribution is 5.99. The number of fused-ring (bicyclic) bond motifs is 5. The van der Waals surface area contributed by atoms with Crippen LogP contribution in [0.4, 0.5) is 0 Å². The molecule has 2 heteroatoms. The molecular weight excluding hydrogens is 392 g/mol. The van der Waals surface area contributed by atoms with E-state index in [4.69, 9.17) is 4.74 Å². The van der Waals surface area contributed by atoms with Crippen LogP contribution >= 0.6 is 0 Å². The summed E-state index contributed by atoms with van der Waals surface area (Å²) in [6.45, 7) is 18.2. The van der Waals surface area contributed by atoms with Crippen LogP contribution in [0.25, 0.3) is 0 Å². The molecule has 1 saturated heterocycles. The molecule has 5 fully saturated rings. The number of carbonyl (C=O) groups excluding carboxylic acids is 1. The fourth-order valence-corrected chi connectivity index (χ4v) is 11.0. The third-order valence-corrected chi connectivity index (χ3v) is 13.2. The lowest BCUT2D eigenvalue weighted by Crippen LogP contribution is -2.66. The molecule has 2 bridgehead atoms. The van der Waals surface area contributed by atoms with Gasteiger partial charge in [-0.15, -0.1) is 0 Å². The topological polar surface area (TPSA) is 26.3 Å². The van der Waals surface area contributed by atoms with Crippen molar-refractivity contribution in [3.63, 3.8) is 0 Å². The van der Waals surface area contributed by atoms with Crippen LogP contribution in [-0.4, -0.2) is 18.5 Å². The second kappa shape index (κ2) is 6.32. The fourth-order valence-electron chi connectivity index (χ4n) is 11.0. The molecule has 0 amide bonds. The normalized spacial score (nSPS) is 55.7.